The maximum Gasteiger partial charge on any atom is 0.305 e. The molecule has 0 radical (unpaired) electrons. The summed E-state index contributed by atoms with van der Waals surface area (Å²) in [6.07, 6.45) is 9.71. The molecule has 0 amide bonds. The number of phenolic OH excluding ortho intramolecular Hbond substituents is 1. The highest BCUT2D eigenvalue weighted by Crippen LogP contribution is 2.56. The van der Waals surface area contributed by atoms with Gasteiger partial charge in [-0.25, -0.2) is 0 Å². The Hall–Kier alpha value is -3.20. The predicted octanol–water partition coefficient (Wildman–Crippen LogP) is 5.21. The van der Waals surface area contributed by atoms with Crippen LogP contribution in [0.5, 0.6) is 5.75 Å². The number of esters is 1. The number of fused-ring (bicyclic) bond motifs is 3. The van der Waals surface area contributed by atoms with E-state index in [0.717, 1.165) is 64.2 Å². The fraction of sp³-hybridized carbons (Fsp3) is 0.676. The van der Waals surface area contributed by atoms with E-state index >= 15 is 0 Å². The van der Waals surface area contributed by atoms with Crippen LogP contribution in [0.2, 0.25) is 0 Å². The molecular formula is C37H46O9. The number of hydrogen-bond donors (Lipinski definition) is 2. The van der Waals surface area contributed by atoms with Gasteiger partial charge in [0, 0.05) is 31.1 Å². The molecule has 2 N–H and O–H groups in total. The van der Waals surface area contributed by atoms with Crippen LogP contribution in [0.3, 0.4) is 0 Å². The number of carbonyl (C=O) groups is 6. The number of benzene rings is 1. The summed E-state index contributed by atoms with van der Waals surface area (Å²) in [7, 11) is 0. The summed E-state index contributed by atoms with van der Waals surface area (Å²) in [6, 6.07) is 4.75. The molecule has 4 fully saturated rings. The lowest BCUT2D eigenvalue weighted by atomic mass is 9.49. The maximum atomic E-state index is 14.5. The number of ketones is 5. The van der Waals surface area contributed by atoms with Crippen LogP contribution >= 0.6 is 0 Å². The first-order valence-electron chi connectivity index (χ1n) is 17.5. The van der Waals surface area contributed by atoms with Crippen molar-refractivity contribution < 1.29 is 43.7 Å². The Morgan fingerprint density at radius 1 is 0.891 bits per heavy atom. The number of phenols is 1. The summed E-state index contributed by atoms with van der Waals surface area (Å²) in [5, 5.41) is 23.1. The molecule has 248 valence electrons. The maximum absolute atomic E-state index is 14.5. The van der Waals surface area contributed by atoms with Crippen LogP contribution in [-0.4, -0.2) is 56.8 Å². The second kappa shape index (κ2) is 13.1. The fourth-order valence-electron chi connectivity index (χ4n) is 9.56. The quantitative estimate of drug-likeness (QED) is 0.275. The Kier molecular flexibility index (Phi) is 9.34. The van der Waals surface area contributed by atoms with Crippen LogP contribution in [0.15, 0.2) is 18.2 Å². The summed E-state index contributed by atoms with van der Waals surface area (Å²) in [5.41, 5.74) is -2.33. The molecule has 0 bridgehead atoms. The van der Waals surface area contributed by atoms with E-state index in [1.807, 2.05) is 0 Å². The largest absolute Gasteiger partial charge is 0.507 e. The van der Waals surface area contributed by atoms with E-state index in [0.29, 0.717) is 30.2 Å². The average molecular weight is 635 g/mol. The van der Waals surface area contributed by atoms with E-state index in [1.165, 1.54) is 6.07 Å². The van der Waals surface area contributed by atoms with Gasteiger partial charge in [-0.1, -0.05) is 76.8 Å². The van der Waals surface area contributed by atoms with E-state index in [4.69, 9.17) is 4.74 Å². The van der Waals surface area contributed by atoms with E-state index < -0.39 is 82.6 Å². The highest BCUT2D eigenvalue weighted by atomic mass is 16.5. The monoisotopic (exact) mass is 634 g/mol. The van der Waals surface area contributed by atoms with Crippen molar-refractivity contribution in [2.75, 3.05) is 0 Å². The number of aliphatic hydroxyl groups is 1. The molecule has 0 heterocycles. The van der Waals surface area contributed by atoms with Crippen molar-refractivity contribution in [3.8, 4) is 5.75 Å². The Morgan fingerprint density at radius 2 is 1.54 bits per heavy atom. The zero-order chi connectivity index (χ0) is 32.7. The van der Waals surface area contributed by atoms with Crippen molar-refractivity contribution in [1.82, 2.24) is 0 Å². The molecule has 2 unspecified atom stereocenters. The van der Waals surface area contributed by atoms with Crippen LogP contribution in [0, 0.1) is 35.5 Å². The molecule has 5 aliphatic carbocycles. The smallest absolute Gasteiger partial charge is 0.305 e. The summed E-state index contributed by atoms with van der Waals surface area (Å²) in [6.45, 7) is 1.59. The van der Waals surface area contributed by atoms with E-state index in [-0.39, 0.29) is 24.2 Å². The Bertz CT molecular complexity index is 1420. The zero-order valence-electron chi connectivity index (χ0n) is 26.7. The number of hydrogen-bond acceptors (Lipinski definition) is 9. The number of Topliss-reactive ketones (excluding diaryl/α,β-unsaturated/α-hetero) is 5. The molecule has 0 saturated heterocycles. The molecule has 9 nitrogen and oxygen atoms in total. The van der Waals surface area contributed by atoms with Crippen LogP contribution in [0.25, 0.3) is 0 Å². The first-order valence-corrected chi connectivity index (χ1v) is 17.5. The van der Waals surface area contributed by atoms with Gasteiger partial charge in [-0.05, 0) is 48.6 Å². The number of carbonyl (C=O) groups excluding carboxylic acids is 6. The van der Waals surface area contributed by atoms with E-state index in [2.05, 4.69) is 0 Å². The van der Waals surface area contributed by atoms with Gasteiger partial charge in [0.1, 0.15) is 17.8 Å². The summed E-state index contributed by atoms with van der Waals surface area (Å²) >= 11 is 0. The van der Waals surface area contributed by atoms with Crippen molar-refractivity contribution in [1.29, 1.82) is 0 Å². The summed E-state index contributed by atoms with van der Waals surface area (Å²) in [4.78, 5) is 82.9. The molecule has 0 aliphatic heterocycles. The lowest BCUT2D eigenvalue weighted by Gasteiger charge is -2.54. The second-order valence-corrected chi connectivity index (χ2v) is 14.5. The van der Waals surface area contributed by atoms with Crippen molar-refractivity contribution in [2.24, 2.45) is 35.5 Å². The van der Waals surface area contributed by atoms with E-state index in [1.54, 1.807) is 19.1 Å². The molecule has 46 heavy (non-hydrogen) atoms. The highest BCUT2D eigenvalue weighted by Gasteiger charge is 2.71. The zero-order valence-corrected chi connectivity index (χ0v) is 26.7. The third kappa shape index (κ3) is 5.56. The molecule has 6 rings (SSSR count). The molecule has 0 aromatic heterocycles. The van der Waals surface area contributed by atoms with Gasteiger partial charge in [-0.2, -0.15) is 0 Å². The van der Waals surface area contributed by atoms with Gasteiger partial charge in [0.2, 0.25) is 0 Å². The first kappa shape index (κ1) is 32.7. The lowest BCUT2D eigenvalue weighted by molar-refractivity contribution is -0.199. The summed E-state index contributed by atoms with van der Waals surface area (Å²) < 4.78 is 5.95. The van der Waals surface area contributed by atoms with Gasteiger partial charge in [0.15, 0.2) is 34.5 Å². The predicted molar refractivity (Wildman–Crippen MR) is 166 cm³/mol. The SMILES string of the molecule is CCC(=O)O[C@H]1[C@H]2C(C(=O)c3c(O)cccc3[C@@H]2CCC2CCCC2)C(=O)[C@]2(O)C(=O)C(C(=O)CCC3CCCCC3)C(=O)C[C@H]12. The van der Waals surface area contributed by atoms with Gasteiger partial charge in [0.05, 0.1) is 11.5 Å². The summed E-state index contributed by atoms with van der Waals surface area (Å²) in [5.74, 6) is -10.7. The second-order valence-electron chi connectivity index (χ2n) is 14.5. The molecule has 4 saturated carbocycles. The molecule has 1 aromatic carbocycles. The molecule has 1 aromatic rings. The van der Waals surface area contributed by atoms with Gasteiger partial charge in [-0.3, -0.25) is 28.8 Å². The molecule has 5 aliphatic rings. The normalized spacial score (nSPS) is 33.3. The van der Waals surface area contributed by atoms with Crippen LogP contribution in [-0.2, 0) is 28.7 Å². The Morgan fingerprint density at radius 3 is 2.22 bits per heavy atom. The standard InChI is InChI=1S/C37H46O9/c1-2-28(41)46-34-24-19-27(40)31(26(39)18-16-21-9-4-3-5-10-21)35(43)37(24,45)36(44)32-30(34)23(17-15-20-11-6-7-12-20)22-13-8-14-25(38)29(22)33(32)42/h8,13-14,20-21,23-24,30-32,34,38,45H,2-7,9-12,15-19H2,1H3/t23-,24+,30+,31?,32?,34+,37+/m0/s1. The Labute approximate surface area is 269 Å². The minimum atomic E-state index is -2.85. The average Bonchev–Trinajstić information content (AvgIpc) is 3.57. The highest BCUT2D eigenvalue weighted by molar-refractivity contribution is 6.32. The molecule has 0 spiro atoms. The van der Waals surface area contributed by atoms with Gasteiger partial charge < -0.3 is 14.9 Å². The fourth-order valence-corrected chi connectivity index (χ4v) is 9.56. The first-order chi connectivity index (χ1) is 22.1. The minimum absolute atomic E-state index is 0.00846. The number of rotatable bonds is 9. The van der Waals surface area contributed by atoms with Gasteiger partial charge >= 0.3 is 5.97 Å². The van der Waals surface area contributed by atoms with E-state index in [9.17, 15) is 39.0 Å². The lowest BCUT2D eigenvalue weighted by Crippen LogP contribution is -2.72. The van der Waals surface area contributed by atoms with Gasteiger partial charge in [-0.15, -0.1) is 0 Å². The van der Waals surface area contributed by atoms with Crippen molar-refractivity contribution in [3.63, 3.8) is 0 Å². The number of ether oxygens (including phenoxy) is 1. The minimum Gasteiger partial charge on any atom is -0.507 e. The molecule has 9 heteroatoms. The van der Waals surface area contributed by atoms with Crippen LogP contribution in [0.1, 0.15) is 125 Å². The third-order valence-electron chi connectivity index (χ3n) is 12.0. The topological polar surface area (TPSA) is 152 Å². The van der Waals surface area contributed by atoms with Crippen LogP contribution in [0.4, 0.5) is 0 Å². The van der Waals surface area contributed by atoms with Crippen molar-refractivity contribution >= 4 is 34.9 Å². The van der Waals surface area contributed by atoms with Crippen molar-refractivity contribution in [2.45, 2.75) is 121 Å². The van der Waals surface area contributed by atoms with Crippen LogP contribution < -0.4 is 0 Å². The third-order valence-corrected chi connectivity index (χ3v) is 12.0. The van der Waals surface area contributed by atoms with Crippen molar-refractivity contribution in [3.05, 3.63) is 29.3 Å². The molecule has 7 atom stereocenters. The Balaban J connectivity index is 1.39. The number of aromatic hydroxyl groups is 1. The molecular weight excluding hydrogens is 588 g/mol. The van der Waals surface area contributed by atoms with Gasteiger partial charge in [0.25, 0.3) is 0 Å².